The van der Waals surface area contributed by atoms with Gasteiger partial charge in [0.25, 0.3) is 11.6 Å². The molecule has 0 bridgehead atoms. The van der Waals surface area contributed by atoms with Crippen LogP contribution in [0.5, 0.6) is 0 Å². The Morgan fingerprint density at radius 3 is 2.67 bits per heavy atom. The molecule has 21 heavy (non-hydrogen) atoms. The molecule has 7 heteroatoms. The lowest BCUT2D eigenvalue weighted by atomic mass is 10.1. The Hall–Kier alpha value is -2.15. The highest BCUT2D eigenvalue weighted by atomic mass is 16.6. The van der Waals surface area contributed by atoms with Crippen molar-refractivity contribution >= 4 is 17.3 Å². The highest BCUT2D eigenvalue weighted by molar-refractivity contribution is 6.01. The van der Waals surface area contributed by atoms with Crippen molar-refractivity contribution in [2.45, 2.75) is 38.6 Å². The van der Waals surface area contributed by atoms with E-state index in [0.717, 1.165) is 25.7 Å². The molecular formula is C14H20N4O3. The number of hydrazine groups is 1. The Morgan fingerprint density at radius 2 is 2.14 bits per heavy atom. The van der Waals surface area contributed by atoms with Gasteiger partial charge in [0.2, 0.25) is 0 Å². The number of benzene rings is 1. The second-order valence-corrected chi connectivity index (χ2v) is 5.13. The highest BCUT2D eigenvalue weighted by Gasteiger charge is 2.29. The summed E-state index contributed by atoms with van der Waals surface area (Å²) < 4.78 is 0. The number of carbonyl (C=O) groups excluding carboxylic acids is 1. The van der Waals surface area contributed by atoms with E-state index in [0.29, 0.717) is 6.54 Å². The maximum Gasteiger partial charge on any atom is 0.294 e. The molecule has 1 amide bonds. The lowest BCUT2D eigenvalue weighted by molar-refractivity contribution is -0.384. The van der Waals surface area contributed by atoms with Gasteiger partial charge in [-0.1, -0.05) is 18.9 Å². The van der Waals surface area contributed by atoms with Crippen molar-refractivity contribution in [2.75, 3.05) is 12.0 Å². The van der Waals surface area contributed by atoms with E-state index in [4.69, 9.17) is 5.84 Å². The van der Waals surface area contributed by atoms with E-state index in [1.807, 2.05) is 6.92 Å². The van der Waals surface area contributed by atoms with Crippen LogP contribution in [0.3, 0.4) is 0 Å². The third-order valence-electron chi connectivity index (χ3n) is 3.98. The van der Waals surface area contributed by atoms with Crippen LogP contribution in [0.2, 0.25) is 0 Å². The van der Waals surface area contributed by atoms with E-state index in [1.165, 1.54) is 12.1 Å². The van der Waals surface area contributed by atoms with Gasteiger partial charge in [0.05, 0.1) is 10.5 Å². The number of anilines is 1. The maximum atomic E-state index is 12.7. The second-order valence-electron chi connectivity index (χ2n) is 5.13. The van der Waals surface area contributed by atoms with Gasteiger partial charge in [-0.15, -0.1) is 0 Å². The van der Waals surface area contributed by atoms with Crippen LogP contribution in [0.1, 0.15) is 43.0 Å². The molecule has 0 unspecified atom stereocenters. The van der Waals surface area contributed by atoms with Gasteiger partial charge in [-0.05, 0) is 25.8 Å². The monoisotopic (exact) mass is 292 g/mol. The fourth-order valence-electron chi connectivity index (χ4n) is 2.96. The zero-order chi connectivity index (χ0) is 15.4. The van der Waals surface area contributed by atoms with Gasteiger partial charge >= 0.3 is 0 Å². The number of rotatable bonds is 5. The predicted octanol–water partition coefficient (Wildman–Crippen LogP) is 2.29. The minimum absolute atomic E-state index is 0.0731. The number of nitrogens with one attached hydrogen (secondary N) is 1. The van der Waals surface area contributed by atoms with E-state index >= 15 is 0 Å². The number of carbonyl (C=O) groups is 1. The van der Waals surface area contributed by atoms with Crippen LogP contribution >= 0.6 is 0 Å². The van der Waals surface area contributed by atoms with Crippen molar-refractivity contribution in [1.29, 1.82) is 0 Å². The van der Waals surface area contributed by atoms with E-state index < -0.39 is 4.92 Å². The Balaban J connectivity index is 2.37. The summed E-state index contributed by atoms with van der Waals surface area (Å²) in [5.41, 5.74) is 2.44. The zero-order valence-corrected chi connectivity index (χ0v) is 12.0. The SMILES string of the molecule is CCN(C(=O)c1cccc([N+](=O)[O-])c1NN)C1CCCC1. The fourth-order valence-corrected chi connectivity index (χ4v) is 2.96. The first kappa shape index (κ1) is 15.2. The number of nitrogen functional groups attached to an aromatic ring is 1. The maximum absolute atomic E-state index is 12.7. The van der Waals surface area contributed by atoms with Crippen molar-refractivity contribution in [2.24, 2.45) is 5.84 Å². The van der Waals surface area contributed by atoms with Crippen molar-refractivity contribution in [3.63, 3.8) is 0 Å². The quantitative estimate of drug-likeness (QED) is 0.492. The molecule has 0 atom stereocenters. The molecule has 0 aromatic heterocycles. The number of amides is 1. The summed E-state index contributed by atoms with van der Waals surface area (Å²) >= 11 is 0. The molecule has 0 spiro atoms. The van der Waals surface area contributed by atoms with Crippen molar-refractivity contribution in [3.8, 4) is 0 Å². The standard InChI is InChI=1S/C14H20N4O3/c1-2-17(10-6-3-4-7-10)14(19)11-8-5-9-12(18(20)21)13(11)16-15/h5,8-10,16H,2-4,6-7,15H2,1H3. The lowest BCUT2D eigenvalue weighted by Crippen LogP contribution is -2.39. The number of nitro benzene ring substituents is 1. The van der Waals surface area contributed by atoms with E-state index in [1.54, 1.807) is 11.0 Å². The Kier molecular flexibility index (Phi) is 4.74. The Bertz CT molecular complexity index is 541. The lowest BCUT2D eigenvalue weighted by Gasteiger charge is -2.28. The summed E-state index contributed by atoms with van der Waals surface area (Å²) in [6.07, 6.45) is 4.20. The number of nitrogens with zero attached hydrogens (tertiary/aromatic N) is 2. The molecule has 0 aliphatic heterocycles. The van der Waals surface area contributed by atoms with Gasteiger partial charge in [-0.25, -0.2) is 0 Å². The normalized spacial score (nSPS) is 15.0. The molecule has 0 heterocycles. The first-order valence-electron chi connectivity index (χ1n) is 7.15. The minimum Gasteiger partial charge on any atom is -0.336 e. The van der Waals surface area contributed by atoms with Crippen molar-refractivity contribution in [1.82, 2.24) is 4.90 Å². The molecule has 0 saturated heterocycles. The van der Waals surface area contributed by atoms with Crippen molar-refractivity contribution in [3.05, 3.63) is 33.9 Å². The summed E-state index contributed by atoms with van der Waals surface area (Å²) in [7, 11) is 0. The molecule has 1 aliphatic carbocycles. The Morgan fingerprint density at radius 1 is 1.48 bits per heavy atom. The average molecular weight is 292 g/mol. The first-order chi connectivity index (χ1) is 10.1. The second kappa shape index (κ2) is 6.53. The van der Waals surface area contributed by atoms with Gasteiger partial charge in [0.15, 0.2) is 0 Å². The summed E-state index contributed by atoms with van der Waals surface area (Å²) in [5, 5.41) is 11.0. The van der Waals surface area contributed by atoms with Crippen LogP contribution in [0, 0.1) is 10.1 Å². The summed E-state index contributed by atoms with van der Waals surface area (Å²) in [6, 6.07) is 4.63. The predicted molar refractivity (Wildman–Crippen MR) is 79.9 cm³/mol. The molecular weight excluding hydrogens is 272 g/mol. The molecule has 1 fully saturated rings. The molecule has 114 valence electrons. The van der Waals surface area contributed by atoms with Gasteiger partial charge in [0.1, 0.15) is 5.69 Å². The van der Waals surface area contributed by atoms with Crippen molar-refractivity contribution < 1.29 is 9.72 Å². The van der Waals surface area contributed by atoms with Gasteiger partial charge in [-0.3, -0.25) is 20.8 Å². The summed E-state index contributed by atoms with van der Waals surface area (Å²) in [6.45, 7) is 2.50. The van der Waals surface area contributed by atoms with Crippen LogP contribution < -0.4 is 11.3 Å². The molecule has 0 radical (unpaired) electrons. The third kappa shape index (κ3) is 2.97. The molecule has 1 aliphatic rings. The average Bonchev–Trinajstić information content (AvgIpc) is 3.00. The van der Waals surface area contributed by atoms with Crippen LogP contribution in [0.15, 0.2) is 18.2 Å². The molecule has 1 aromatic carbocycles. The van der Waals surface area contributed by atoms with E-state index in [9.17, 15) is 14.9 Å². The third-order valence-corrected chi connectivity index (χ3v) is 3.98. The topological polar surface area (TPSA) is 102 Å². The van der Waals surface area contributed by atoms with Gasteiger partial charge in [0, 0.05) is 18.7 Å². The molecule has 1 saturated carbocycles. The van der Waals surface area contributed by atoms with E-state index in [-0.39, 0.29) is 28.9 Å². The number of nitrogens with two attached hydrogens (primary N) is 1. The summed E-state index contributed by atoms with van der Waals surface area (Å²) in [5.74, 6) is 5.19. The highest BCUT2D eigenvalue weighted by Crippen LogP contribution is 2.30. The van der Waals surface area contributed by atoms with Gasteiger partial charge < -0.3 is 10.3 Å². The zero-order valence-electron chi connectivity index (χ0n) is 12.0. The van der Waals surface area contributed by atoms with E-state index in [2.05, 4.69) is 5.43 Å². The number of hydrogen-bond acceptors (Lipinski definition) is 5. The fraction of sp³-hybridized carbons (Fsp3) is 0.500. The molecule has 7 nitrogen and oxygen atoms in total. The number of nitro groups is 1. The van der Waals surface area contributed by atoms with Gasteiger partial charge in [-0.2, -0.15) is 0 Å². The first-order valence-corrected chi connectivity index (χ1v) is 7.15. The molecule has 2 rings (SSSR count). The molecule has 1 aromatic rings. The largest absolute Gasteiger partial charge is 0.336 e. The smallest absolute Gasteiger partial charge is 0.294 e. The summed E-state index contributed by atoms with van der Waals surface area (Å²) in [4.78, 5) is 25.0. The van der Waals surface area contributed by atoms with Crippen LogP contribution in [-0.2, 0) is 0 Å². The van der Waals surface area contributed by atoms with Crippen LogP contribution in [-0.4, -0.2) is 28.3 Å². The molecule has 3 N–H and O–H groups in total. The van der Waals surface area contributed by atoms with Crippen LogP contribution in [0.25, 0.3) is 0 Å². The number of hydrogen-bond donors (Lipinski definition) is 2. The minimum atomic E-state index is -0.544. The number of para-hydroxylation sites is 1. The van der Waals surface area contributed by atoms with Crippen LogP contribution in [0.4, 0.5) is 11.4 Å². The Labute approximate surface area is 123 Å².